The minimum atomic E-state index is -4.20. The number of halogens is 1. The molecule has 5 nitrogen and oxygen atoms in total. The molecule has 0 saturated heterocycles. The van der Waals surface area contributed by atoms with E-state index in [1.807, 2.05) is 60.7 Å². The molecule has 1 aliphatic rings. The van der Waals surface area contributed by atoms with Gasteiger partial charge in [-0.1, -0.05) is 105 Å². The van der Waals surface area contributed by atoms with E-state index in [0.717, 1.165) is 31.2 Å². The van der Waals surface area contributed by atoms with Crippen molar-refractivity contribution in [3.63, 3.8) is 0 Å². The van der Waals surface area contributed by atoms with E-state index in [9.17, 15) is 13.2 Å². The first kappa shape index (κ1) is 27.0. The summed E-state index contributed by atoms with van der Waals surface area (Å²) in [5, 5.41) is 3.43. The van der Waals surface area contributed by atoms with E-state index in [4.69, 9.17) is 11.6 Å². The Hall–Kier alpha value is -3.09. The molecule has 1 amide bonds. The number of carbonyl (C=O) groups excluding carboxylic acids is 1. The van der Waals surface area contributed by atoms with Crippen molar-refractivity contribution >= 4 is 38.8 Å². The number of carbonyl (C=O) groups is 1. The Kier molecular flexibility index (Phi) is 8.72. The van der Waals surface area contributed by atoms with Crippen molar-refractivity contribution in [2.24, 2.45) is 5.92 Å². The summed E-state index contributed by atoms with van der Waals surface area (Å²) in [5.41, 5.74) is 2.96. The predicted molar refractivity (Wildman–Crippen MR) is 152 cm³/mol. The lowest BCUT2D eigenvalue weighted by Gasteiger charge is -2.34. The van der Waals surface area contributed by atoms with Crippen LogP contribution >= 0.6 is 11.6 Å². The number of benzene rings is 3. The molecule has 0 fully saturated rings. The zero-order chi connectivity index (χ0) is 26.4. The molecule has 37 heavy (non-hydrogen) atoms. The number of fused-ring (bicyclic) bond motifs is 1. The second kappa shape index (κ2) is 12.0. The minimum absolute atomic E-state index is 0.102. The van der Waals surface area contributed by atoms with Gasteiger partial charge in [0.05, 0.1) is 12.2 Å². The molecule has 0 unspecified atom stereocenters. The molecule has 3 aromatic rings. The maximum Gasteiger partial charge on any atom is 0.270 e. The average Bonchev–Trinajstić information content (AvgIpc) is 2.91. The quantitative estimate of drug-likeness (QED) is 0.310. The zero-order valence-corrected chi connectivity index (χ0v) is 22.9. The van der Waals surface area contributed by atoms with Crippen molar-refractivity contribution < 1.29 is 13.2 Å². The molecule has 0 bridgehead atoms. The molecule has 1 aliphatic heterocycles. The summed E-state index contributed by atoms with van der Waals surface area (Å²) in [6.45, 7) is 4.77. The van der Waals surface area contributed by atoms with E-state index in [1.54, 1.807) is 18.2 Å². The summed E-state index contributed by atoms with van der Waals surface area (Å²) in [5.74, 6) is -0.296. The Morgan fingerprint density at radius 3 is 2.30 bits per heavy atom. The van der Waals surface area contributed by atoms with Crippen LogP contribution in [0.2, 0.25) is 5.02 Å². The number of nitrogens with zero attached hydrogens (tertiary/aromatic N) is 1. The SMILES string of the molecule is CCCC[C@H](CC)CNC(=O)C1=C(c2ccccc2)c2cc(Cl)ccc2N(Cc2ccccc2)S1(=O)=O. The van der Waals surface area contributed by atoms with E-state index >= 15 is 0 Å². The highest BCUT2D eigenvalue weighted by molar-refractivity contribution is 7.97. The summed E-state index contributed by atoms with van der Waals surface area (Å²) < 4.78 is 29.8. The van der Waals surface area contributed by atoms with Crippen LogP contribution in [0.4, 0.5) is 5.69 Å². The van der Waals surface area contributed by atoms with Crippen LogP contribution in [0.15, 0.2) is 83.8 Å². The molecular weight excluding hydrogens is 504 g/mol. The number of hydrogen-bond donors (Lipinski definition) is 1. The van der Waals surface area contributed by atoms with Gasteiger partial charge in [0.25, 0.3) is 15.9 Å². The average molecular weight is 537 g/mol. The third-order valence-corrected chi connectivity index (χ3v) is 8.85. The van der Waals surface area contributed by atoms with Gasteiger partial charge in [0.15, 0.2) is 4.91 Å². The highest BCUT2D eigenvalue weighted by Crippen LogP contribution is 2.44. The van der Waals surface area contributed by atoms with Gasteiger partial charge in [-0.2, -0.15) is 0 Å². The van der Waals surface area contributed by atoms with E-state index < -0.39 is 15.9 Å². The third-order valence-electron chi connectivity index (χ3n) is 6.80. The highest BCUT2D eigenvalue weighted by atomic mass is 35.5. The lowest BCUT2D eigenvalue weighted by molar-refractivity contribution is -0.117. The van der Waals surface area contributed by atoms with E-state index in [2.05, 4.69) is 19.2 Å². The van der Waals surface area contributed by atoms with E-state index in [-0.39, 0.29) is 17.4 Å². The second-order valence-corrected chi connectivity index (χ2v) is 11.6. The van der Waals surface area contributed by atoms with Gasteiger partial charge in [-0.15, -0.1) is 0 Å². The fourth-order valence-corrected chi connectivity index (χ4v) is 6.64. The lowest BCUT2D eigenvalue weighted by Crippen LogP contribution is -2.42. The number of hydrogen-bond acceptors (Lipinski definition) is 3. The fraction of sp³-hybridized carbons (Fsp3) is 0.300. The lowest BCUT2D eigenvalue weighted by atomic mass is 9.95. The number of amides is 1. The van der Waals surface area contributed by atoms with E-state index in [0.29, 0.717) is 34.0 Å². The largest absolute Gasteiger partial charge is 0.351 e. The Morgan fingerprint density at radius 2 is 1.65 bits per heavy atom. The topological polar surface area (TPSA) is 66.5 Å². The third kappa shape index (κ3) is 5.91. The molecule has 1 atom stereocenters. The molecule has 0 radical (unpaired) electrons. The van der Waals surface area contributed by atoms with Crippen LogP contribution < -0.4 is 9.62 Å². The van der Waals surface area contributed by atoms with Gasteiger partial charge in [-0.3, -0.25) is 9.10 Å². The Bertz CT molecular complexity index is 1370. The van der Waals surface area contributed by atoms with Gasteiger partial charge >= 0.3 is 0 Å². The molecule has 3 aromatic carbocycles. The smallest absolute Gasteiger partial charge is 0.270 e. The van der Waals surface area contributed by atoms with Crippen LogP contribution in [0.5, 0.6) is 0 Å². The van der Waals surface area contributed by atoms with Crippen LogP contribution in [0.1, 0.15) is 56.2 Å². The van der Waals surface area contributed by atoms with Crippen LogP contribution in [0.25, 0.3) is 5.57 Å². The number of unbranched alkanes of at least 4 members (excludes halogenated alkanes) is 1. The summed E-state index contributed by atoms with van der Waals surface area (Å²) in [6, 6.07) is 23.7. The molecule has 0 saturated carbocycles. The maximum atomic E-state index is 14.3. The molecule has 0 aliphatic carbocycles. The van der Waals surface area contributed by atoms with Crippen molar-refractivity contribution in [3.05, 3.63) is 105 Å². The Morgan fingerprint density at radius 1 is 0.973 bits per heavy atom. The van der Waals surface area contributed by atoms with Gasteiger partial charge in [0, 0.05) is 22.7 Å². The fourth-order valence-electron chi connectivity index (χ4n) is 4.72. The van der Waals surface area contributed by atoms with Gasteiger partial charge < -0.3 is 5.32 Å². The van der Waals surface area contributed by atoms with Crippen LogP contribution in [-0.4, -0.2) is 20.9 Å². The molecule has 0 aromatic heterocycles. The van der Waals surface area contributed by atoms with Crippen molar-refractivity contribution in [2.45, 2.75) is 46.1 Å². The van der Waals surface area contributed by atoms with Crippen molar-refractivity contribution in [1.29, 1.82) is 0 Å². The van der Waals surface area contributed by atoms with Crippen molar-refractivity contribution in [1.82, 2.24) is 5.32 Å². The summed E-state index contributed by atoms with van der Waals surface area (Å²) in [7, 11) is -4.20. The number of nitrogens with one attached hydrogen (secondary N) is 1. The summed E-state index contributed by atoms with van der Waals surface area (Å²) >= 11 is 6.41. The molecule has 1 heterocycles. The monoisotopic (exact) mass is 536 g/mol. The number of rotatable bonds is 10. The molecule has 4 rings (SSSR count). The van der Waals surface area contributed by atoms with Crippen LogP contribution in [0, 0.1) is 5.92 Å². The summed E-state index contributed by atoms with van der Waals surface area (Å²) in [6.07, 6.45) is 4.05. The molecule has 194 valence electrons. The van der Waals surface area contributed by atoms with Gasteiger partial charge in [0.1, 0.15) is 0 Å². The van der Waals surface area contributed by atoms with Crippen LogP contribution in [0.3, 0.4) is 0 Å². The first-order valence-corrected chi connectivity index (χ1v) is 14.6. The summed E-state index contributed by atoms with van der Waals surface area (Å²) in [4.78, 5) is 13.5. The highest BCUT2D eigenvalue weighted by Gasteiger charge is 2.41. The van der Waals surface area contributed by atoms with E-state index in [1.165, 1.54) is 4.31 Å². The second-order valence-electron chi connectivity index (χ2n) is 9.36. The maximum absolute atomic E-state index is 14.3. The van der Waals surface area contributed by atoms with Crippen LogP contribution in [-0.2, 0) is 21.4 Å². The van der Waals surface area contributed by atoms with Gasteiger partial charge in [-0.25, -0.2) is 8.42 Å². The van der Waals surface area contributed by atoms with Crippen molar-refractivity contribution in [3.8, 4) is 0 Å². The molecular formula is C30H33ClN2O3S. The predicted octanol–water partition coefficient (Wildman–Crippen LogP) is 6.78. The minimum Gasteiger partial charge on any atom is -0.351 e. The molecule has 7 heteroatoms. The number of anilines is 1. The normalized spacial score (nSPS) is 15.3. The Labute approximate surface area is 225 Å². The number of sulfonamides is 1. The Balaban J connectivity index is 1.86. The zero-order valence-electron chi connectivity index (χ0n) is 21.3. The first-order chi connectivity index (χ1) is 17.9. The van der Waals surface area contributed by atoms with Crippen molar-refractivity contribution in [2.75, 3.05) is 10.8 Å². The molecule has 0 spiro atoms. The molecule has 1 N–H and O–H groups in total. The first-order valence-electron chi connectivity index (χ1n) is 12.8. The standard InChI is InChI=1S/C30H33ClN2O3S/c1-3-5-12-22(4-2)20-32-30(34)29-28(24-15-10-7-11-16-24)26-19-25(31)17-18-27(26)33(37(29,35)36)21-23-13-8-6-9-14-23/h6-11,13-19,22H,3-5,12,20-21H2,1-2H3,(H,32,34)/t22-/m0/s1. The van der Waals surface area contributed by atoms with Gasteiger partial charge in [-0.05, 0) is 41.7 Å². The van der Waals surface area contributed by atoms with Gasteiger partial charge in [0.2, 0.25) is 0 Å².